The molecule has 102 valence electrons. The zero-order valence-corrected chi connectivity index (χ0v) is 11.8. The highest BCUT2D eigenvalue weighted by molar-refractivity contribution is 7.91. The van der Waals surface area contributed by atoms with E-state index in [1.807, 2.05) is 0 Å². The molecule has 5 nitrogen and oxygen atoms in total. The quantitative estimate of drug-likeness (QED) is 0.587. The lowest BCUT2D eigenvalue weighted by molar-refractivity contribution is 0.507. The third-order valence-corrected chi connectivity index (χ3v) is 4.87. The number of pyridine rings is 1. The first-order valence-corrected chi connectivity index (χ1v) is 7.96. The van der Waals surface area contributed by atoms with Crippen molar-refractivity contribution in [2.24, 2.45) is 5.84 Å². The van der Waals surface area contributed by atoms with Gasteiger partial charge in [-0.05, 0) is 24.5 Å². The number of nitrogens with one attached hydrogen (secondary N) is 1. The van der Waals surface area contributed by atoms with E-state index in [1.165, 1.54) is 0 Å². The van der Waals surface area contributed by atoms with E-state index in [0.29, 0.717) is 17.9 Å². The van der Waals surface area contributed by atoms with Gasteiger partial charge in [-0.3, -0.25) is 16.3 Å². The van der Waals surface area contributed by atoms with Crippen LogP contribution in [-0.4, -0.2) is 24.9 Å². The fourth-order valence-electron chi connectivity index (χ4n) is 1.65. The minimum absolute atomic E-state index is 0.160. The van der Waals surface area contributed by atoms with Gasteiger partial charge in [0, 0.05) is 24.2 Å². The van der Waals surface area contributed by atoms with Crippen LogP contribution in [0.15, 0.2) is 18.5 Å². The van der Waals surface area contributed by atoms with Crippen LogP contribution in [-0.2, 0) is 9.84 Å². The Labute approximate surface area is 113 Å². The molecular formula is C11H18ClN3O2S. The van der Waals surface area contributed by atoms with E-state index in [2.05, 4.69) is 10.4 Å². The molecular weight excluding hydrogens is 274 g/mol. The van der Waals surface area contributed by atoms with Crippen LogP contribution < -0.4 is 11.3 Å². The highest BCUT2D eigenvalue weighted by Gasteiger charge is 2.15. The van der Waals surface area contributed by atoms with E-state index in [4.69, 9.17) is 17.4 Å². The number of hydrogen-bond acceptors (Lipinski definition) is 5. The fraction of sp³-hybridized carbons (Fsp3) is 0.545. The molecule has 3 N–H and O–H groups in total. The Morgan fingerprint density at radius 3 is 2.83 bits per heavy atom. The van der Waals surface area contributed by atoms with E-state index in [1.54, 1.807) is 25.4 Å². The maximum atomic E-state index is 11.4. The molecule has 0 amide bonds. The average Bonchev–Trinajstić information content (AvgIpc) is 2.36. The second-order valence-corrected chi connectivity index (χ2v) is 6.87. The van der Waals surface area contributed by atoms with Gasteiger partial charge in [-0.1, -0.05) is 18.5 Å². The van der Waals surface area contributed by atoms with Crippen molar-refractivity contribution in [3.8, 4) is 0 Å². The first kappa shape index (κ1) is 15.4. The summed E-state index contributed by atoms with van der Waals surface area (Å²) in [6.07, 6.45) is 4.33. The summed E-state index contributed by atoms with van der Waals surface area (Å²) in [5.74, 6) is 5.82. The molecule has 0 aliphatic heterocycles. The number of nitrogens with zero attached hydrogens (tertiary/aromatic N) is 1. The monoisotopic (exact) mass is 291 g/mol. The van der Waals surface area contributed by atoms with Crippen molar-refractivity contribution in [2.45, 2.75) is 25.8 Å². The summed E-state index contributed by atoms with van der Waals surface area (Å²) < 4.78 is 22.8. The zero-order chi connectivity index (χ0) is 13.6. The molecule has 1 unspecified atom stereocenters. The normalized spacial score (nSPS) is 13.5. The van der Waals surface area contributed by atoms with Crippen LogP contribution in [0.3, 0.4) is 0 Å². The van der Waals surface area contributed by atoms with E-state index in [9.17, 15) is 8.42 Å². The largest absolute Gasteiger partial charge is 0.271 e. The van der Waals surface area contributed by atoms with Gasteiger partial charge in [0.15, 0.2) is 0 Å². The SMILES string of the molecule is CCS(=O)(=O)CCCC(NN)c1ccncc1Cl. The number of nitrogens with two attached hydrogens (primary N) is 1. The molecule has 0 radical (unpaired) electrons. The standard InChI is InChI=1S/C11H18ClN3O2S/c1-2-18(16,17)7-3-4-11(15-13)9-5-6-14-8-10(9)12/h5-6,8,11,15H,2-4,7,13H2,1H3. The fourth-order valence-corrected chi connectivity index (χ4v) is 2.80. The molecule has 0 aromatic carbocycles. The Morgan fingerprint density at radius 1 is 1.56 bits per heavy atom. The van der Waals surface area contributed by atoms with Crippen molar-refractivity contribution >= 4 is 21.4 Å². The molecule has 1 aromatic heterocycles. The molecule has 7 heteroatoms. The van der Waals surface area contributed by atoms with Crippen LogP contribution in [0.1, 0.15) is 31.4 Å². The number of hydrazine groups is 1. The molecule has 1 rings (SSSR count). The smallest absolute Gasteiger partial charge is 0.150 e. The second-order valence-electron chi connectivity index (χ2n) is 4.00. The first-order chi connectivity index (χ1) is 8.50. The van der Waals surface area contributed by atoms with Gasteiger partial charge >= 0.3 is 0 Å². The molecule has 0 saturated heterocycles. The summed E-state index contributed by atoms with van der Waals surface area (Å²) in [6, 6.07) is 1.62. The third-order valence-electron chi connectivity index (χ3n) is 2.77. The second kappa shape index (κ2) is 7.04. The van der Waals surface area contributed by atoms with Gasteiger partial charge in [-0.2, -0.15) is 0 Å². The van der Waals surface area contributed by atoms with Gasteiger partial charge in [0.1, 0.15) is 9.84 Å². The molecule has 0 aliphatic rings. The Hall–Kier alpha value is -0.690. The number of halogens is 1. The van der Waals surface area contributed by atoms with Gasteiger partial charge < -0.3 is 0 Å². The Bertz CT molecular complexity index is 479. The van der Waals surface area contributed by atoms with Crippen LogP contribution in [0.25, 0.3) is 0 Å². The number of sulfone groups is 1. The summed E-state index contributed by atoms with van der Waals surface area (Å²) in [5, 5.41) is 0.527. The van der Waals surface area contributed by atoms with Crippen molar-refractivity contribution in [3.05, 3.63) is 29.0 Å². The van der Waals surface area contributed by atoms with Gasteiger partial charge in [0.2, 0.25) is 0 Å². The Balaban J connectivity index is 2.61. The number of hydrogen-bond donors (Lipinski definition) is 2. The lowest BCUT2D eigenvalue weighted by Gasteiger charge is -2.17. The van der Waals surface area contributed by atoms with Crippen LogP contribution in [0.4, 0.5) is 0 Å². The maximum Gasteiger partial charge on any atom is 0.150 e. The maximum absolute atomic E-state index is 11.4. The van der Waals surface area contributed by atoms with Crippen LogP contribution in [0.2, 0.25) is 5.02 Å². The highest BCUT2D eigenvalue weighted by atomic mass is 35.5. The van der Waals surface area contributed by atoms with Crippen molar-refractivity contribution in [2.75, 3.05) is 11.5 Å². The molecule has 0 saturated carbocycles. The molecule has 0 bridgehead atoms. The summed E-state index contributed by atoms with van der Waals surface area (Å²) in [6.45, 7) is 1.65. The van der Waals surface area contributed by atoms with Crippen molar-refractivity contribution in [1.82, 2.24) is 10.4 Å². The van der Waals surface area contributed by atoms with E-state index >= 15 is 0 Å². The van der Waals surface area contributed by atoms with Crippen LogP contribution >= 0.6 is 11.6 Å². The predicted octanol–water partition coefficient (Wildman–Crippen LogP) is 1.45. The van der Waals surface area contributed by atoms with Gasteiger partial charge in [-0.25, -0.2) is 8.42 Å². The lowest BCUT2D eigenvalue weighted by Crippen LogP contribution is -2.28. The predicted molar refractivity (Wildman–Crippen MR) is 72.9 cm³/mol. The summed E-state index contributed by atoms with van der Waals surface area (Å²) in [4.78, 5) is 3.90. The Morgan fingerprint density at radius 2 is 2.28 bits per heavy atom. The van der Waals surface area contributed by atoms with Crippen molar-refractivity contribution in [3.63, 3.8) is 0 Å². The van der Waals surface area contributed by atoms with E-state index in [0.717, 1.165) is 5.56 Å². The molecule has 1 atom stereocenters. The number of aromatic nitrogens is 1. The van der Waals surface area contributed by atoms with Crippen LogP contribution in [0, 0.1) is 0 Å². The lowest BCUT2D eigenvalue weighted by atomic mass is 10.0. The van der Waals surface area contributed by atoms with Gasteiger partial charge in [0.05, 0.1) is 10.8 Å². The minimum Gasteiger partial charge on any atom is -0.271 e. The van der Waals surface area contributed by atoms with Crippen molar-refractivity contribution < 1.29 is 8.42 Å². The van der Waals surface area contributed by atoms with Crippen LogP contribution in [0.5, 0.6) is 0 Å². The van der Waals surface area contributed by atoms with Gasteiger partial charge in [-0.15, -0.1) is 0 Å². The number of rotatable bonds is 7. The Kier molecular flexibility index (Phi) is 6.01. The third kappa shape index (κ3) is 4.53. The average molecular weight is 292 g/mol. The van der Waals surface area contributed by atoms with Gasteiger partial charge in [0.25, 0.3) is 0 Å². The first-order valence-electron chi connectivity index (χ1n) is 5.76. The van der Waals surface area contributed by atoms with E-state index < -0.39 is 9.84 Å². The molecule has 1 aromatic rings. The molecule has 0 fully saturated rings. The summed E-state index contributed by atoms with van der Waals surface area (Å²) in [5.41, 5.74) is 3.49. The van der Waals surface area contributed by atoms with E-state index in [-0.39, 0.29) is 17.5 Å². The molecule has 1 heterocycles. The van der Waals surface area contributed by atoms with Crippen molar-refractivity contribution in [1.29, 1.82) is 0 Å². The molecule has 0 spiro atoms. The summed E-state index contributed by atoms with van der Waals surface area (Å²) >= 11 is 6.02. The summed E-state index contributed by atoms with van der Waals surface area (Å²) in [7, 11) is -2.93. The minimum atomic E-state index is -2.93. The zero-order valence-electron chi connectivity index (χ0n) is 10.3. The molecule has 18 heavy (non-hydrogen) atoms. The topological polar surface area (TPSA) is 85.1 Å². The highest BCUT2D eigenvalue weighted by Crippen LogP contribution is 2.24. The molecule has 0 aliphatic carbocycles.